The fraction of sp³-hybridized carbons (Fsp3) is 0.600. The third kappa shape index (κ3) is 5.25. The maximum absolute atomic E-state index is 12.6. The van der Waals surface area contributed by atoms with E-state index >= 15 is 0 Å². The third-order valence-corrected chi connectivity index (χ3v) is 3.22. The van der Waals surface area contributed by atoms with Gasteiger partial charge >= 0.3 is 0 Å². The second-order valence-corrected chi connectivity index (χ2v) is 5.86. The molecule has 0 bridgehead atoms. The second-order valence-electron chi connectivity index (χ2n) is 5.86. The molecule has 19 heavy (non-hydrogen) atoms. The molecule has 0 saturated carbocycles. The first-order chi connectivity index (χ1) is 8.84. The summed E-state index contributed by atoms with van der Waals surface area (Å²) < 4.78 is 25.2. The van der Waals surface area contributed by atoms with Crippen LogP contribution in [-0.2, 0) is 6.54 Å². The number of halogens is 2. The Morgan fingerprint density at radius 2 is 1.95 bits per heavy atom. The number of nitrogens with one attached hydrogen (secondary N) is 1. The first kappa shape index (κ1) is 16.1. The molecule has 1 atom stereocenters. The Morgan fingerprint density at radius 3 is 2.47 bits per heavy atom. The van der Waals surface area contributed by atoms with Crippen LogP contribution in [-0.4, -0.2) is 17.8 Å². The maximum atomic E-state index is 12.6. The van der Waals surface area contributed by atoms with Gasteiger partial charge in [-0.2, -0.15) is 0 Å². The lowest BCUT2D eigenvalue weighted by Crippen LogP contribution is -2.40. The zero-order valence-corrected chi connectivity index (χ0v) is 11.8. The lowest BCUT2D eigenvalue weighted by atomic mass is 9.85. The normalized spacial score (nSPS) is 13.8. The maximum Gasteiger partial charge on any atom is 0.263 e. The summed E-state index contributed by atoms with van der Waals surface area (Å²) in [6, 6.07) is 6.58. The lowest BCUT2D eigenvalue weighted by molar-refractivity contribution is 0.151. The average molecular weight is 271 g/mol. The van der Waals surface area contributed by atoms with E-state index in [4.69, 9.17) is 5.11 Å². The average Bonchev–Trinajstić information content (AvgIpc) is 2.33. The minimum Gasteiger partial charge on any atom is -0.396 e. The first-order valence-electron chi connectivity index (χ1n) is 6.56. The Kier molecular flexibility index (Phi) is 5.88. The molecule has 2 nitrogen and oxygen atoms in total. The molecule has 1 rings (SSSR count). The van der Waals surface area contributed by atoms with Crippen molar-refractivity contribution < 1.29 is 13.9 Å². The molecule has 108 valence electrons. The Balaban J connectivity index is 2.66. The number of benzene rings is 1. The Labute approximate surface area is 113 Å². The summed E-state index contributed by atoms with van der Waals surface area (Å²) in [6.07, 6.45) is -1.78. The van der Waals surface area contributed by atoms with Gasteiger partial charge in [0.1, 0.15) is 0 Å². The Morgan fingerprint density at radius 1 is 1.26 bits per heavy atom. The molecule has 0 radical (unpaired) electrons. The van der Waals surface area contributed by atoms with Gasteiger partial charge in [-0.25, -0.2) is 8.78 Å². The van der Waals surface area contributed by atoms with Crippen LogP contribution in [0.4, 0.5) is 8.78 Å². The molecule has 1 aromatic carbocycles. The predicted molar refractivity (Wildman–Crippen MR) is 73.2 cm³/mol. The van der Waals surface area contributed by atoms with Gasteiger partial charge in [0.05, 0.1) is 0 Å². The van der Waals surface area contributed by atoms with E-state index < -0.39 is 6.43 Å². The smallest absolute Gasteiger partial charge is 0.263 e. The van der Waals surface area contributed by atoms with Gasteiger partial charge in [-0.3, -0.25) is 0 Å². The van der Waals surface area contributed by atoms with Crippen LogP contribution >= 0.6 is 0 Å². The molecule has 0 aromatic heterocycles. The van der Waals surface area contributed by atoms with Gasteiger partial charge in [0, 0.05) is 24.8 Å². The van der Waals surface area contributed by atoms with E-state index in [1.165, 1.54) is 12.1 Å². The topological polar surface area (TPSA) is 32.3 Å². The van der Waals surface area contributed by atoms with Gasteiger partial charge in [-0.05, 0) is 23.5 Å². The number of aliphatic hydroxyl groups excluding tert-OH is 1. The SMILES string of the molecule is CC(C)(C)C(CCO)NCc1cccc(C(F)F)c1. The lowest BCUT2D eigenvalue weighted by Gasteiger charge is -2.31. The molecule has 1 aromatic rings. The van der Waals surface area contributed by atoms with E-state index in [-0.39, 0.29) is 23.6 Å². The molecule has 0 aliphatic rings. The van der Waals surface area contributed by atoms with Crippen molar-refractivity contribution in [2.24, 2.45) is 5.41 Å². The Bertz CT molecular complexity index is 388. The van der Waals surface area contributed by atoms with Crippen molar-refractivity contribution >= 4 is 0 Å². The van der Waals surface area contributed by atoms with Crippen molar-refractivity contribution in [1.82, 2.24) is 5.32 Å². The zero-order chi connectivity index (χ0) is 14.5. The highest BCUT2D eigenvalue weighted by molar-refractivity contribution is 5.24. The fourth-order valence-corrected chi connectivity index (χ4v) is 2.05. The summed E-state index contributed by atoms with van der Waals surface area (Å²) in [6.45, 7) is 6.93. The minimum atomic E-state index is -2.43. The van der Waals surface area contributed by atoms with E-state index in [2.05, 4.69) is 26.1 Å². The van der Waals surface area contributed by atoms with E-state index in [9.17, 15) is 8.78 Å². The van der Waals surface area contributed by atoms with Crippen molar-refractivity contribution in [3.8, 4) is 0 Å². The molecule has 2 N–H and O–H groups in total. The molecule has 1 unspecified atom stereocenters. The molecule has 4 heteroatoms. The van der Waals surface area contributed by atoms with Crippen molar-refractivity contribution in [3.63, 3.8) is 0 Å². The molecular formula is C15H23F2NO. The predicted octanol–water partition coefficient (Wildman–Crippen LogP) is 3.51. The molecule has 0 fully saturated rings. The number of hydrogen-bond donors (Lipinski definition) is 2. The first-order valence-corrected chi connectivity index (χ1v) is 6.56. The molecular weight excluding hydrogens is 248 g/mol. The van der Waals surface area contributed by atoms with Gasteiger partial charge in [0.2, 0.25) is 0 Å². The number of hydrogen-bond acceptors (Lipinski definition) is 2. The van der Waals surface area contributed by atoms with Crippen molar-refractivity contribution in [2.75, 3.05) is 6.61 Å². The number of alkyl halides is 2. The standard InChI is InChI=1S/C15H23F2NO/c1-15(2,3)13(7-8-19)18-10-11-5-4-6-12(9-11)14(16)17/h4-6,9,13-14,18-19H,7-8,10H2,1-3H3. The summed E-state index contributed by atoms with van der Waals surface area (Å²) >= 11 is 0. The molecule has 0 aliphatic heterocycles. The van der Waals surface area contributed by atoms with Crippen LogP contribution in [0, 0.1) is 5.41 Å². The summed E-state index contributed by atoms with van der Waals surface area (Å²) in [7, 11) is 0. The Hall–Kier alpha value is -1.00. The van der Waals surface area contributed by atoms with Crippen LogP contribution in [0.3, 0.4) is 0 Å². The molecule has 0 saturated heterocycles. The van der Waals surface area contributed by atoms with Crippen LogP contribution in [0.2, 0.25) is 0 Å². The van der Waals surface area contributed by atoms with Crippen molar-refractivity contribution in [1.29, 1.82) is 0 Å². The zero-order valence-electron chi connectivity index (χ0n) is 11.8. The number of rotatable bonds is 6. The van der Waals surface area contributed by atoms with Gasteiger partial charge < -0.3 is 10.4 Å². The molecule has 0 spiro atoms. The molecule has 0 amide bonds. The minimum absolute atomic E-state index is 0.0169. The summed E-state index contributed by atoms with van der Waals surface area (Å²) in [5.74, 6) is 0. The highest BCUT2D eigenvalue weighted by Gasteiger charge is 2.23. The summed E-state index contributed by atoms with van der Waals surface area (Å²) in [5.41, 5.74) is 0.905. The van der Waals surface area contributed by atoms with Crippen LogP contribution in [0.15, 0.2) is 24.3 Å². The summed E-state index contributed by atoms with van der Waals surface area (Å²) in [5, 5.41) is 12.4. The van der Waals surface area contributed by atoms with Crippen LogP contribution in [0.25, 0.3) is 0 Å². The van der Waals surface area contributed by atoms with Crippen LogP contribution in [0.1, 0.15) is 44.7 Å². The van der Waals surface area contributed by atoms with Crippen LogP contribution < -0.4 is 5.32 Å². The third-order valence-electron chi connectivity index (χ3n) is 3.22. The highest BCUT2D eigenvalue weighted by Crippen LogP contribution is 2.23. The monoisotopic (exact) mass is 271 g/mol. The second kappa shape index (κ2) is 6.96. The van der Waals surface area contributed by atoms with Crippen LogP contribution in [0.5, 0.6) is 0 Å². The highest BCUT2D eigenvalue weighted by atomic mass is 19.3. The van der Waals surface area contributed by atoms with Crippen molar-refractivity contribution in [3.05, 3.63) is 35.4 Å². The van der Waals surface area contributed by atoms with E-state index in [1.807, 2.05) is 6.07 Å². The number of aliphatic hydroxyl groups is 1. The van der Waals surface area contributed by atoms with E-state index in [1.54, 1.807) is 6.07 Å². The van der Waals surface area contributed by atoms with Crippen molar-refractivity contribution in [2.45, 2.75) is 46.2 Å². The largest absolute Gasteiger partial charge is 0.396 e. The van der Waals surface area contributed by atoms with Gasteiger partial charge in [0.15, 0.2) is 0 Å². The quantitative estimate of drug-likeness (QED) is 0.830. The van der Waals surface area contributed by atoms with Gasteiger partial charge in [0.25, 0.3) is 6.43 Å². The molecule has 0 heterocycles. The van der Waals surface area contributed by atoms with E-state index in [0.717, 1.165) is 5.56 Å². The van der Waals surface area contributed by atoms with Gasteiger partial charge in [-0.15, -0.1) is 0 Å². The fourth-order valence-electron chi connectivity index (χ4n) is 2.05. The van der Waals surface area contributed by atoms with Gasteiger partial charge in [-0.1, -0.05) is 39.0 Å². The van der Waals surface area contributed by atoms with E-state index in [0.29, 0.717) is 13.0 Å². The summed E-state index contributed by atoms with van der Waals surface area (Å²) in [4.78, 5) is 0. The molecule has 0 aliphatic carbocycles.